The minimum Gasteiger partial charge on any atom is -0.466 e. The van der Waals surface area contributed by atoms with Crippen LogP contribution < -0.4 is 14.9 Å². The third-order valence-corrected chi connectivity index (χ3v) is 8.58. The average Bonchev–Trinajstić information content (AvgIpc) is 2.83. The Kier molecular flexibility index (Phi) is 8.31. The number of amides is 1. The van der Waals surface area contributed by atoms with Gasteiger partial charge in [-0.05, 0) is 63.3 Å². The lowest BCUT2D eigenvalue weighted by atomic mass is 9.85. The van der Waals surface area contributed by atoms with E-state index in [9.17, 15) is 18.0 Å². The van der Waals surface area contributed by atoms with Crippen LogP contribution in [0.25, 0.3) is 0 Å². The highest BCUT2D eigenvalue weighted by Gasteiger charge is 2.32. The van der Waals surface area contributed by atoms with Crippen molar-refractivity contribution in [3.8, 4) is 0 Å². The van der Waals surface area contributed by atoms with Gasteiger partial charge in [0.15, 0.2) is 0 Å². The molecule has 1 saturated carbocycles. The monoisotopic (exact) mass is 513 g/mol. The molecule has 1 amide bonds. The first-order valence-corrected chi connectivity index (χ1v) is 14.2. The van der Waals surface area contributed by atoms with Crippen LogP contribution in [0.3, 0.4) is 0 Å². The number of esters is 1. The molecule has 0 aromatic heterocycles. The predicted molar refractivity (Wildman–Crippen MR) is 139 cm³/mol. The zero-order valence-corrected chi connectivity index (χ0v) is 21.7. The average molecular weight is 514 g/mol. The fraction of sp³-hybridized carbons (Fsp3) is 0.481. The SMILES string of the molecule is CCOC(=O)[C@@H]1CCCN(c2ccc(NC(=O)C3CCC3)cc2S(=O)(=O)N[C@@H](C)c2ccccc2)C1. The predicted octanol–water partition coefficient (Wildman–Crippen LogP) is 4.24. The number of nitrogens with one attached hydrogen (secondary N) is 2. The van der Waals surface area contributed by atoms with Gasteiger partial charge in [-0.25, -0.2) is 13.1 Å². The van der Waals surface area contributed by atoms with E-state index in [0.717, 1.165) is 31.2 Å². The summed E-state index contributed by atoms with van der Waals surface area (Å²) in [6.45, 7) is 4.89. The van der Waals surface area contributed by atoms with Gasteiger partial charge in [0.05, 0.1) is 18.2 Å². The number of anilines is 2. The van der Waals surface area contributed by atoms with Gasteiger partial charge in [-0.15, -0.1) is 0 Å². The molecule has 2 atom stereocenters. The van der Waals surface area contributed by atoms with E-state index in [1.54, 1.807) is 26.0 Å². The van der Waals surface area contributed by atoms with Crippen molar-refractivity contribution in [2.75, 3.05) is 29.9 Å². The summed E-state index contributed by atoms with van der Waals surface area (Å²) in [5.74, 6) is -0.674. The van der Waals surface area contributed by atoms with Crippen LogP contribution >= 0.6 is 0 Å². The van der Waals surface area contributed by atoms with Crippen molar-refractivity contribution >= 4 is 33.3 Å². The third-order valence-electron chi connectivity index (χ3n) is 7.01. The number of hydrogen-bond donors (Lipinski definition) is 2. The zero-order chi connectivity index (χ0) is 25.7. The molecular formula is C27H35N3O5S. The number of nitrogens with zero attached hydrogens (tertiary/aromatic N) is 1. The standard InChI is InChI=1S/C27H35N3O5S/c1-3-35-27(32)22-13-8-16-30(18-22)24-15-14-23(28-26(31)21-11-7-12-21)17-25(24)36(33,34)29-19(2)20-9-5-4-6-10-20/h4-6,9-10,14-15,17,19,21-22,29H,3,7-8,11-13,16,18H2,1-2H3,(H,28,31)/t19-,22+/m0/s1. The summed E-state index contributed by atoms with van der Waals surface area (Å²) in [4.78, 5) is 27.0. The molecule has 1 aliphatic carbocycles. The van der Waals surface area contributed by atoms with Crippen LogP contribution in [-0.2, 0) is 24.3 Å². The molecule has 0 bridgehead atoms. The van der Waals surface area contributed by atoms with Crippen LogP contribution in [0.5, 0.6) is 0 Å². The Bertz CT molecular complexity index is 1180. The van der Waals surface area contributed by atoms with Gasteiger partial charge >= 0.3 is 5.97 Å². The molecule has 1 aliphatic heterocycles. The second-order valence-corrected chi connectivity index (χ2v) is 11.3. The normalized spacial score (nSPS) is 19.3. The van der Waals surface area contributed by atoms with Crippen LogP contribution in [-0.4, -0.2) is 40.0 Å². The second kappa shape index (κ2) is 11.4. The number of ether oxygens (including phenoxy) is 1. The topological polar surface area (TPSA) is 105 Å². The largest absolute Gasteiger partial charge is 0.466 e. The Balaban J connectivity index is 1.64. The Morgan fingerprint density at radius 3 is 2.44 bits per heavy atom. The van der Waals surface area contributed by atoms with E-state index in [1.165, 1.54) is 6.07 Å². The number of carbonyl (C=O) groups excluding carboxylic acids is 2. The number of sulfonamides is 1. The van der Waals surface area contributed by atoms with Gasteiger partial charge < -0.3 is 15.0 Å². The van der Waals surface area contributed by atoms with E-state index in [0.29, 0.717) is 37.5 Å². The molecule has 8 nitrogen and oxygen atoms in total. The summed E-state index contributed by atoms with van der Waals surface area (Å²) in [7, 11) is -3.96. The Morgan fingerprint density at radius 2 is 1.78 bits per heavy atom. The van der Waals surface area contributed by atoms with E-state index in [4.69, 9.17) is 4.74 Å². The lowest BCUT2D eigenvalue weighted by Gasteiger charge is -2.34. The minimum absolute atomic E-state index is 0.0200. The van der Waals surface area contributed by atoms with Gasteiger partial charge in [0.25, 0.3) is 0 Å². The molecule has 36 heavy (non-hydrogen) atoms. The van der Waals surface area contributed by atoms with Crippen molar-refractivity contribution in [3.63, 3.8) is 0 Å². The molecule has 2 aromatic carbocycles. The number of benzene rings is 2. The van der Waals surface area contributed by atoms with Crippen molar-refractivity contribution in [3.05, 3.63) is 54.1 Å². The molecule has 0 radical (unpaired) electrons. The molecule has 1 saturated heterocycles. The van der Waals surface area contributed by atoms with E-state index < -0.39 is 16.1 Å². The summed E-state index contributed by atoms with van der Waals surface area (Å²) in [6, 6.07) is 13.9. The summed E-state index contributed by atoms with van der Waals surface area (Å²) < 4.78 is 35.4. The van der Waals surface area contributed by atoms with Crippen LogP contribution in [0.4, 0.5) is 11.4 Å². The number of piperidine rings is 1. The first-order valence-electron chi connectivity index (χ1n) is 12.7. The van der Waals surface area contributed by atoms with Crippen molar-refractivity contribution < 1.29 is 22.7 Å². The van der Waals surface area contributed by atoms with Crippen molar-refractivity contribution in [2.45, 2.75) is 56.9 Å². The lowest BCUT2D eigenvalue weighted by Crippen LogP contribution is -2.40. The highest BCUT2D eigenvalue weighted by Crippen LogP contribution is 2.34. The fourth-order valence-corrected chi connectivity index (χ4v) is 6.22. The van der Waals surface area contributed by atoms with Crippen LogP contribution in [0.1, 0.15) is 57.6 Å². The first-order chi connectivity index (χ1) is 17.3. The van der Waals surface area contributed by atoms with E-state index in [2.05, 4.69) is 10.0 Å². The molecule has 4 rings (SSSR count). The molecule has 1 heterocycles. The van der Waals surface area contributed by atoms with E-state index in [-0.39, 0.29) is 28.6 Å². The Hall–Kier alpha value is -2.91. The smallest absolute Gasteiger partial charge is 0.310 e. The van der Waals surface area contributed by atoms with Gasteiger partial charge in [-0.1, -0.05) is 36.8 Å². The van der Waals surface area contributed by atoms with E-state index in [1.807, 2.05) is 35.2 Å². The van der Waals surface area contributed by atoms with Crippen LogP contribution in [0.2, 0.25) is 0 Å². The van der Waals surface area contributed by atoms with Crippen molar-refractivity contribution in [2.24, 2.45) is 11.8 Å². The minimum atomic E-state index is -3.96. The summed E-state index contributed by atoms with van der Waals surface area (Å²) in [5.41, 5.74) is 1.80. The Morgan fingerprint density at radius 1 is 1.06 bits per heavy atom. The number of hydrogen-bond acceptors (Lipinski definition) is 6. The van der Waals surface area contributed by atoms with Gasteiger partial charge in [-0.3, -0.25) is 9.59 Å². The van der Waals surface area contributed by atoms with Gasteiger partial charge in [0.2, 0.25) is 15.9 Å². The van der Waals surface area contributed by atoms with Crippen molar-refractivity contribution in [1.82, 2.24) is 4.72 Å². The first kappa shape index (κ1) is 26.2. The van der Waals surface area contributed by atoms with Crippen LogP contribution in [0, 0.1) is 11.8 Å². The molecule has 2 fully saturated rings. The molecule has 0 unspecified atom stereocenters. The number of rotatable bonds is 9. The highest BCUT2D eigenvalue weighted by molar-refractivity contribution is 7.89. The summed E-state index contributed by atoms with van der Waals surface area (Å²) in [5, 5.41) is 2.89. The molecule has 9 heteroatoms. The zero-order valence-electron chi connectivity index (χ0n) is 20.9. The number of carbonyl (C=O) groups is 2. The maximum atomic E-state index is 13.7. The summed E-state index contributed by atoms with van der Waals surface area (Å²) in [6.07, 6.45) is 4.20. The van der Waals surface area contributed by atoms with Gasteiger partial charge in [-0.2, -0.15) is 0 Å². The quantitative estimate of drug-likeness (QED) is 0.486. The van der Waals surface area contributed by atoms with Crippen molar-refractivity contribution in [1.29, 1.82) is 0 Å². The molecule has 2 N–H and O–H groups in total. The van der Waals surface area contributed by atoms with Crippen LogP contribution in [0.15, 0.2) is 53.4 Å². The lowest BCUT2D eigenvalue weighted by molar-refractivity contribution is -0.148. The van der Waals surface area contributed by atoms with E-state index >= 15 is 0 Å². The fourth-order valence-electron chi connectivity index (χ4n) is 4.74. The summed E-state index contributed by atoms with van der Waals surface area (Å²) >= 11 is 0. The molecule has 0 spiro atoms. The molecule has 2 aliphatic rings. The Labute approximate surface area is 213 Å². The maximum absolute atomic E-state index is 13.7. The second-order valence-electron chi connectivity index (χ2n) is 9.59. The van der Waals surface area contributed by atoms with Gasteiger partial charge in [0, 0.05) is 30.7 Å². The molecule has 2 aromatic rings. The molecule has 194 valence electrons. The van der Waals surface area contributed by atoms with Gasteiger partial charge in [0.1, 0.15) is 4.90 Å². The maximum Gasteiger partial charge on any atom is 0.310 e. The highest BCUT2D eigenvalue weighted by atomic mass is 32.2. The molecular weight excluding hydrogens is 478 g/mol. The third kappa shape index (κ3) is 6.07.